The predicted octanol–water partition coefficient (Wildman–Crippen LogP) is -1.14. The third kappa shape index (κ3) is 2.52. The number of carbonyl (C=O) groups is 1. The molecule has 10 nitrogen and oxygen atoms in total. The Hall–Kier alpha value is -3.24. The number of nitrogens with one attached hydrogen (secondary N) is 2. The van der Waals surface area contributed by atoms with Crippen LogP contribution in [0.2, 0.25) is 0 Å². The van der Waals surface area contributed by atoms with Crippen LogP contribution in [0.1, 0.15) is 0 Å². The third-order valence-electron chi connectivity index (χ3n) is 3.28. The molecule has 118 valence electrons. The van der Waals surface area contributed by atoms with Crippen molar-refractivity contribution in [1.82, 2.24) is 25.0 Å². The number of nitrogens with zero attached hydrogens (tertiary/aromatic N) is 4. The van der Waals surface area contributed by atoms with E-state index in [2.05, 4.69) is 15.6 Å². The van der Waals surface area contributed by atoms with Crippen LogP contribution >= 0.6 is 0 Å². The minimum Gasteiger partial charge on any atom is -0.308 e. The Morgan fingerprint density at radius 3 is 2.61 bits per heavy atom. The number of fused-ring (bicyclic) bond motifs is 1. The van der Waals surface area contributed by atoms with Gasteiger partial charge in [0.15, 0.2) is 11.3 Å². The number of anilines is 1. The lowest BCUT2D eigenvalue weighted by Crippen LogP contribution is -2.37. The molecule has 0 fully saturated rings. The Morgan fingerprint density at radius 1 is 1.22 bits per heavy atom. The van der Waals surface area contributed by atoms with E-state index in [1.54, 1.807) is 0 Å². The second kappa shape index (κ2) is 5.87. The first-order chi connectivity index (χ1) is 11.2. The molecule has 0 saturated carbocycles. The fourth-order valence-electron chi connectivity index (χ4n) is 2.20. The van der Waals surface area contributed by atoms with Crippen molar-refractivity contribution in [3.8, 4) is 5.69 Å². The Kier molecular flexibility index (Phi) is 3.75. The molecule has 1 amide bonds. The summed E-state index contributed by atoms with van der Waals surface area (Å²) in [6.45, 7) is -0.297. The van der Waals surface area contributed by atoms with Gasteiger partial charge in [0.1, 0.15) is 6.54 Å². The Bertz CT molecular complexity index is 915. The normalized spacial score (nSPS) is 10.7. The fourth-order valence-corrected chi connectivity index (χ4v) is 2.20. The van der Waals surface area contributed by atoms with Crippen molar-refractivity contribution in [2.24, 2.45) is 11.7 Å². The number of hydrogen-bond donors (Lipinski definition) is 4. The lowest BCUT2D eigenvalue weighted by atomic mass is 10.3. The molecule has 1 aromatic carbocycles. The van der Waals surface area contributed by atoms with Crippen LogP contribution in [0.4, 0.5) is 5.82 Å². The maximum atomic E-state index is 12.4. The van der Waals surface area contributed by atoms with Gasteiger partial charge in [0, 0.05) is 0 Å². The number of hydrogen-bond acceptors (Lipinski definition) is 7. The average molecular weight is 314 g/mol. The molecule has 0 spiro atoms. The smallest absolute Gasteiger partial charge is 0.295 e. The molecule has 0 saturated heterocycles. The summed E-state index contributed by atoms with van der Waals surface area (Å²) in [7, 11) is 0. The number of nitrogen functional groups attached to an aromatic ring is 1. The first kappa shape index (κ1) is 14.7. The lowest BCUT2D eigenvalue weighted by molar-refractivity contribution is -0.121. The van der Waals surface area contributed by atoms with Crippen molar-refractivity contribution in [3.63, 3.8) is 0 Å². The minimum absolute atomic E-state index is 0.140. The summed E-state index contributed by atoms with van der Waals surface area (Å²) >= 11 is 0. The summed E-state index contributed by atoms with van der Waals surface area (Å²) in [5.74, 6) is 10.5. The lowest BCUT2D eigenvalue weighted by Gasteiger charge is -2.06. The molecule has 0 bridgehead atoms. The number of benzene rings is 1. The molecule has 2 aromatic heterocycles. The van der Waals surface area contributed by atoms with Crippen molar-refractivity contribution in [3.05, 3.63) is 46.9 Å². The van der Waals surface area contributed by atoms with E-state index in [4.69, 9.17) is 11.7 Å². The van der Waals surface area contributed by atoms with E-state index in [9.17, 15) is 9.59 Å². The molecular weight excluding hydrogens is 300 g/mol. The zero-order valence-corrected chi connectivity index (χ0v) is 11.9. The fraction of sp³-hybridized carbons (Fsp3) is 0.0769. The third-order valence-corrected chi connectivity index (χ3v) is 3.28. The zero-order chi connectivity index (χ0) is 16.4. The predicted molar refractivity (Wildman–Crippen MR) is 83.3 cm³/mol. The molecule has 3 rings (SSSR count). The molecule has 0 atom stereocenters. The standard InChI is InChI=1S/C13H14N8O2/c14-17-10(22)7-20-13(23)11-9(6-16-20)12(18-15)21(19-11)8-4-2-1-3-5-8/h1-6,18H,7,14-15H2,(H,17,22). The van der Waals surface area contributed by atoms with Gasteiger partial charge in [-0.3, -0.25) is 15.0 Å². The molecule has 6 N–H and O–H groups in total. The van der Waals surface area contributed by atoms with E-state index >= 15 is 0 Å². The van der Waals surface area contributed by atoms with E-state index < -0.39 is 11.5 Å². The number of rotatable bonds is 4. The highest BCUT2D eigenvalue weighted by Gasteiger charge is 2.17. The van der Waals surface area contributed by atoms with Crippen LogP contribution in [-0.2, 0) is 11.3 Å². The number of para-hydroxylation sites is 1. The maximum Gasteiger partial charge on any atom is 0.295 e. The van der Waals surface area contributed by atoms with Gasteiger partial charge in [0.25, 0.3) is 11.5 Å². The van der Waals surface area contributed by atoms with Crippen molar-refractivity contribution < 1.29 is 4.79 Å². The maximum absolute atomic E-state index is 12.4. The number of carbonyl (C=O) groups excluding carboxylic acids is 1. The van der Waals surface area contributed by atoms with Crippen LogP contribution in [-0.4, -0.2) is 25.5 Å². The van der Waals surface area contributed by atoms with Crippen molar-refractivity contribution in [1.29, 1.82) is 0 Å². The molecule has 3 aromatic rings. The largest absolute Gasteiger partial charge is 0.308 e. The number of amides is 1. The van der Waals surface area contributed by atoms with Gasteiger partial charge in [0.2, 0.25) is 0 Å². The minimum atomic E-state index is -0.543. The van der Waals surface area contributed by atoms with Crippen molar-refractivity contribution >= 4 is 22.6 Å². The molecule has 10 heteroatoms. The summed E-state index contributed by atoms with van der Waals surface area (Å²) in [6, 6.07) is 9.18. The number of aromatic nitrogens is 4. The summed E-state index contributed by atoms with van der Waals surface area (Å²) in [5, 5.41) is 8.68. The molecule has 0 unspecified atom stereocenters. The second-order valence-corrected chi connectivity index (χ2v) is 4.68. The molecule has 0 radical (unpaired) electrons. The van der Waals surface area contributed by atoms with Crippen LogP contribution in [0, 0.1) is 0 Å². The van der Waals surface area contributed by atoms with Crippen LogP contribution < -0.4 is 28.1 Å². The van der Waals surface area contributed by atoms with E-state index in [1.807, 2.05) is 35.8 Å². The monoisotopic (exact) mass is 314 g/mol. The van der Waals surface area contributed by atoms with Crippen LogP contribution in [0.25, 0.3) is 16.6 Å². The summed E-state index contributed by atoms with van der Waals surface area (Å²) < 4.78 is 2.48. The van der Waals surface area contributed by atoms with Gasteiger partial charge in [-0.25, -0.2) is 21.0 Å². The van der Waals surface area contributed by atoms with Gasteiger partial charge in [0.05, 0.1) is 17.3 Å². The number of hydrazine groups is 2. The summed E-state index contributed by atoms with van der Waals surface area (Å²) in [5.41, 5.74) is 4.82. The summed E-state index contributed by atoms with van der Waals surface area (Å²) in [4.78, 5) is 23.8. The second-order valence-electron chi connectivity index (χ2n) is 4.68. The van der Waals surface area contributed by atoms with Crippen LogP contribution in [0.3, 0.4) is 0 Å². The van der Waals surface area contributed by atoms with E-state index in [0.717, 1.165) is 10.4 Å². The SMILES string of the molecule is NNC(=O)Cn1ncc2c(NN)n(-c3ccccc3)nc2c1=O. The van der Waals surface area contributed by atoms with E-state index in [0.29, 0.717) is 11.2 Å². The quantitative estimate of drug-likeness (QED) is 0.270. The zero-order valence-electron chi connectivity index (χ0n) is 11.9. The molecular formula is C13H14N8O2. The highest BCUT2D eigenvalue weighted by molar-refractivity contribution is 5.89. The van der Waals surface area contributed by atoms with Gasteiger partial charge in [-0.15, -0.1) is 0 Å². The first-order valence-electron chi connectivity index (χ1n) is 6.66. The summed E-state index contributed by atoms with van der Waals surface area (Å²) in [6.07, 6.45) is 1.42. The topological polar surface area (TPSA) is 146 Å². The van der Waals surface area contributed by atoms with Gasteiger partial charge < -0.3 is 5.43 Å². The van der Waals surface area contributed by atoms with E-state index in [-0.39, 0.29) is 12.1 Å². The van der Waals surface area contributed by atoms with Gasteiger partial charge in [-0.05, 0) is 12.1 Å². The van der Waals surface area contributed by atoms with Crippen molar-refractivity contribution in [2.45, 2.75) is 6.54 Å². The molecule has 0 aliphatic heterocycles. The van der Waals surface area contributed by atoms with Crippen LogP contribution in [0.15, 0.2) is 41.3 Å². The number of nitrogens with two attached hydrogens (primary N) is 2. The van der Waals surface area contributed by atoms with Crippen molar-refractivity contribution in [2.75, 3.05) is 5.43 Å². The Labute approximate surface area is 129 Å². The van der Waals surface area contributed by atoms with Crippen LogP contribution in [0.5, 0.6) is 0 Å². The molecule has 0 aliphatic carbocycles. The van der Waals surface area contributed by atoms with Gasteiger partial charge >= 0.3 is 0 Å². The van der Waals surface area contributed by atoms with Gasteiger partial charge in [-0.2, -0.15) is 10.2 Å². The Morgan fingerprint density at radius 2 is 1.96 bits per heavy atom. The average Bonchev–Trinajstić information content (AvgIpc) is 2.97. The van der Waals surface area contributed by atoms with E-state index in [1.165, 1.54) is 10.9 Å². The molecule has 0 aliphatic rings. The highest BCUT2D eigenvalue weighted by Crippen LogP contribution is 2.22. The molecule has 23 heavy (non-hydrogen) atoms. The first-order valence-corrected chi connectivity index (χ1v) is 6.66. The van der Waals surface area contributed by atoms with Gasteiger partial charge in [-0.1, -0.05) is 18.2 Å². The molecule has 2 heterocycles. The Balaban J connectivity index is 2.20. The highest BCUT2D eigenvalue weighted by atomic mass is 16.2.